The first-order chi connectivity index (χ1) is 3.68. The number of hydrogen-bond donors (Lipinski definition) is 1. The van der Waals surface area contributed by atoms with Gasteiger partial charge in [-0.05, 0) is 11.8 Å². The van der Waals surface area contributed by atoms with Crippen LogP contribution in [0, 0.1) is 0 Å². The summed E-state index contributed by atoms with van der Waals surface area (Å²) in [4.78, 5) is 2.60. The van der Waals surface area contributed by atoms with Crippen molar-refractivity contribution in [3.05, 3.63) is 0 Å². The van der Waals surface area contributed by atoms with Crippen molar-refractivity contribution in [2.24, 2.45) is 0 Å². The van der Waals surface area contributed by atoms with Gasteiger partial charge in [0, 0.05) is 24.8 Å². The van der Waals surface area contributed by atoms with Gasteiger partial charge in [0.2, 0.25) is 0 Å². The number of hydrogen-bond acceptors (Lipinski definition) is 1. The smallest absolute Gasteiger partial charge is 0.116 e. The van der Waals surface area contributed by atoms with Crippen molar-refractivity contribution in [1.29, 1.82) is 0 Å². The SMILES string of the molecule is FC12CC(NCl)(C1)C2. The van der Waals surface area contributed by atoms with Crippen LogP contribution >= 0.6 is 11.8 Å². The van der Waals surface area contributed by atoms with Crippen LogP contribution < -0.4 is 4.84 Å². The van der Waals surface area contributed by atoms with Crippen molar-refractivity contribution < 1.29 is 4.39 Å². The van der Waals surface area contributed by atoms with Crippen molar-refractivity contribution in [3.8, 4) is 0 Å². The lowest BCUT2D eigenvalue weighted by atomic mass is 9.48. The van der Waals surface area contributed by atoms with Crippen LogP contribution in [0.2, 0.25) is 0 Å². The molecule has 0 amide bonds. The molecule has 0 heterocycles. The number of alkyl halides is 1. The van der Waals surface area contributed by atoms with Gasteiger partial charge in [0.25, 0.3) is 0 Å². The van der Waals surface area contributed by atoms with Gasteiger partial charge in [0.15, 0.2) is 0 Å². The zero-order chi connectivity index (χ0) is 5.83. The van der Waals surface area contributed by atoms with Crippen LogP contribution in [0.1, 0.15) is 19.3 Å². The molecule has 3 fully saturated rings. The summed E-state index contributed by atoms with van der Waals surface area (Å²) in [6.45, 7) is 0. The van der Waals surface area contributed by atoms with Gasteiger partial charge in [-0.1, -0.05) is 0 Å². The fourth-order valence-corrected chi connectivity index (χ4v) is 1.96. The predicted octanol–water partition coefficient (Wildman–Crippen LogP) is 1.37. The average molecular weight is 136 g/mol. The fourth-order valence-electron chi connectivity index (χ4n) is 1.76. The third-order valence-electron chi connectivity index (χ3n) is 2.17. The maximum absolute atomic E-state index is 12.6. The largest absolute Gasteiger partial charge is 0.244 e. The van der Waals surface area contributed by atoms with E-state index in [1.54, 1.807) is 0 Å². The molecule has 3 aliphatic carbocycles. The molecule has 1 N–H and O–H groups in total. The van der Waals surface area contributed by atoms with Crippen LogP contribution in [0.4, 0.5) is 4.39 Å². The Balaban J connectivity index is 2.04. The number of rotatable bonds is 1. The summed E-state index contributed by atoms with van der Waals surface area (Å²) in [5.74, 6) is 0. The van der Waals surface area contributed by atoms with E-state index >= 15 is 0 Å². The molecule has 46 valence electrons. The highest BCUT2D eigenvalue weighted by atomic mass is 35.5. The Morgan fingerprint density at radius 2 is 1.88 bits per heavy atom. The summed E-state index contributed by atoms with van der Waals surface area (Å²) in [6.07, 6.45) is 1.89. The molecule has 0 unspecified atom stereocenters. The normalized spacial score (nSPS) is 59.2. The van der Waals surface area contributed by atoms with Crippen LogP contribution in [0.25, 0.3) is 0 Å². The van der Waals surface area contributed by atoms with Crippen molar-refractivity contribution in [2.45, 2.75) is 30.5 Å². The van der Waals surface area contributed by atoms with Gasteiger partial charge >= 0.3 is 0 Å². The lowest BCUT2D eigenvalue weighted by Gasteiger charge is -2.64. The van der Waals surface area contributed by atoms with E-state index in [0.717, 1.165) is 0 Å². The van der Waals surface area contributed by atoms with E-state index in [9.17, 15) is 4.39 Å². The minimum absolute atomic E-state index is 0.0102. The molecule has 0 aromatic rings. The highest BCUT2D eigenvalue weighted by Gasteiger charge is 2.69. The molecule has 0 aromatic heterocycles. The van der Waals surface area contributed by atoms with Crippen LogP contribution in [0.15, 0.2) is 0 Å². The summed E-state index contributed by atoms with van der Waals surface area (Å²) in [5, 5.41) is 0. The van der Waals surface area contributed by atoms with E-state index in [0.29, 0.717) is 19.3 Å². The Bertz CT molecular complexity index is 117. The average Bonchev–Trinajstić information content (AvgIpc) is 1.55. The number of halogens is 2. The van der Waals surface area contributed by atoms with Gasteiger partial charge in [-0.2, -0.15) is 0 Å². The molecular formula is C5H7ClFN. The van der Waals surface area contributed by atoms with Gasteiger partial charge in [-0.3, -0.25) is 0 Å². The maximum Gasteiger partial charge on any atom is 0.116 e. The molecule has 1 nitrogen and oxygen atoms in total. The Hall–Kier alpha value is 0.180. The molecule has 0 saturated heterocycles. The minimum atomic E-state index is -0.818. The summed E-state index contributed by atoms with van der Waals surface area (Å²) in [6, 6.07) is 0. The Morgan fingerprint density at radius 1 is 1.38 bits per heavy atom. The standard InChI is InChI=1S/C5H7ClFN/c6-8-5-1-4(7,2-5)3-5/h8H,1-3H2. The van der Waals surface area contributed by atoms with Crippen LogP contribution in [-0.4, -0.2) is 11.2 Å². The molecule has 3 rings (SSSR count). The van der Waals surface area contributed by atoms with E-state index in [2.05, 4.69) is 4.84 Å². The Kier molecular flexibility index (Phi) is 0.655. The number of nitrogens with one attached hydrogen (secondary N) is 1. The van der Waals surface area contributed by atoms with E-state index < -0.39 is 5.67 Å². The van der Waals surface area contributed by atoms with E-state index in [1.165, 1.54) is 0 Å². The van der Waals surface area contributed by atoms with E-state index in [4.69, 9.17) is 11.8 Å². The lowest BCUT2D eigenvalue weighted by molar-refractivity contribution is -0.158. The van der Waals surface area contributed by atoms with Gasteiger partial charge in [0.05, 0.1) is 0 Å². The second-order valence-corrected chi connectivity index (χ2v) is 3.25. The first-order valence-corrected chi connectivity index (χ1v) is 3.13. The highest BCUT2D eigenvalue weighted by Crippen LogP contribution is 2.63. The monoisotopic (exact) mass is 135 g/mol. The van der Waals surface area contributed by atoms with Gasteiger partial charge < -0.3 is 0 Å². The molecule has 0 radical (unpaired) electrons. The zero-order valence-electron chi connectivity index (χ0n) is 4.38. The van der Waals surface area contributed by atoms with Crippen LogP contribution in [-0.2, 0) is 0 Å². The molecular weight excluding hydrogens is 129 g/mol. The molecule has 3 aliphatic rings. The van der Waals surface area contributed by atoms with Crippen LogP contribution in [0.3, 0.4) is 0 Å². The van der Waals surface area contributed by atoms with Crippen molar-refractivity contribution in [3.63, 3.8) is 0 Å². The molecule has 0 aromatic carbocycles. The van der Waals surface area contributed by atoms with Gasteiger partial charge in [0.1, 0.15) is 5.67 Å². The first kappa shape index (κ1) is 5.00. The Morgan fingerprint density at radius 3 is 2.00 bits per heavy atom. The predicted molar refractivity (Wildman–Crippen MR) is 29.4 cm³/mol. The van der Waals surface area contributed by atoms with Crippen LogP contribution in [0.5, 0.6) is 0 Å². The molecule has 3 saturated carbocycles. The van der Waals surface area contributed by atoms with E-state index in [-0.39, 0.29) is 5.54 Å². The van der Waals surface area contributed by atoms with Crippen molar-refractivity contribution in [2.75, 3.05) is 0 Å². The fraction of sp³-hybridized carbons (Fsp3) is 1.00. The second-order valence-electron chi connectivity index (χ2n) is 3.06. The molecule has 0 spiro atoms. The molecule has 2 bridgehead atoms. The maximum atomic E-state index is 12.6. The minimum Gasteiger partial charge on any atom is -0.244 e. The lowest BCUT2D eigenvalue weighted by Crippen LogP contribution is -2.74. The van der Waals surface area contributed by atoms with Gasteiger partial charge in [-0.25, -0.2) is 9.23 Å². The Labute approximate surface area is 52.3 Å². The van der Waals surface area contributed by atoms with E-state index in [1.807, 2.05) is 0 Å². The summed E-state index contributed by atoms with van der Waals surface area (Å²) in [7, 11) is 0. The summed E-state index contributed by atoms with van der Waals surface area (Å²) < 4.78 is 12.6. The quantitative estimate of drug-likeness (QED) is 0.536. The second kappa shape index (κ2) is 1.05. The third-order valence-corrected chi connectivity index (χ3v) is 2.57. The zero-order valence-corrected chi connectivity index (χ0v) is 5.13. The summed E-state index contributed by atoms with van der Waals surface area (Å²) >= 11 is 5.33. The third kappa shape index (κ3) is 0.370. The topological polar surface area (TPSA) is 12.0 Å². The first-order valence-electron chi connectivity index (χ1n) is 2.75. The van der Waals surface area contributed by atoms with Crippen molar-refractivity contribution >= 4 is 11.8 Å². The summed E-state index contributed by atoms with van der Waals surface area (Å²) in [5.41, 5.74) is -0.807. The molecule has 3 heteroatoms. The van der Waals surface area contributed by atoms with Crippen molar-refractivity contribution in [1.82, 2.24) is 4.84 Å². The molecule has 8 heavy (non-hydrogen) atoms. The molecule has 0 aliphatic heterocycles. The molecule has 0 atom stereocenters. The highest BCUT2D eigenvalue weighted by molar-refractivity contribution is 6.14. The van der Waals surface area contributed by atoms with Gasteiger partial charge in [-0.15, -0.1) is 0 Å².